The van der Waals surface area contributed by atoms with Crippen LogP contribution in [0.25, 0.3) is 10.9 Å². The summed E-state index contributed by atoms with van der Waals surface area (Å²) in [7, 11) is 0. The van der Waals surface area contributed by atoms with Crippen molar-refractivity contribution in [1.29, 1.82) is 0 Å². The highest BCUT2D eigenvalue weighted by molar-refractivity contribution is 5.86. The summed E-state index contributed by atoms with van der Waals surface area (Å²) in [4.78, 5) is 0. The van der Waals surface area contributed by atoms with Crippen molar-refractivity contribution < 1.29 is 10.2 Å². The zero-order valence-corrected chi connectivity index (χ0v) is 10.6. The summed E-state index contributed by atoms with van der Waals surface area (Å²) >= 11 is 0. The number of benzene rings is 1. The highest BCUT2D eigenvalue weighted by Gasteiger charge is 2.10. The van der Waals surface area contributed by atoms with Crippen LogP contribution in [-0.4, -0.2) is 27.0 Å². The van der Waals surface area contributed by atoms with E-state index in [-0.39, 0.29) is 12.4 Å². The lowest BCUT2D eigenvalue weighted by atomic mass is 10.0. The quantitative estimate of drug-likeness (QED) is 0.767. The number of rotatable bonds is 3. The lowest BCUT2D eigenvalue weighted by Crippen LogP contribution is -1.91. The molecule has 1 aromatic heterocycles. The van der Waals surface area contributed by atoms with Gasteiger partial charge in [0.05, 0.1) is 5.52 Å². The Hall–Kier alpha value is -1.55. The predicted octanol–water partition coefficient (Wildman–Crippen LogP) is 2.53. The maximum atomic E-state index is 9.71. The zero-order chi connectivity index (χ0) is 12.8. The maximum Gasteiger partial charge on any atom is 0.121 e. The summed E-state index contributed by atoms with van der Waals surface area (Å²) in [5.41, 5.74) is 2.61. The third-order valence-electron chi connectivity index (χ3n) is 2.58. The van der Waals surface area contributed by atoms with Crippen LogP contribution in [-0.2, 0) is 6.42 Å². The van der Waals surface area contributed by atoms with Crippen LogP contribution in [0.15, 0.2) is 12.1 Å². The number of aromatic hydroxyl groups is 1. The van der Waals surface area contributed by atoms with Gasteiger partial charge in [0.2, 0.25) is 0 Å². The first-order valence-corrected chi connectivity index (χ1v) is 6.00. The molecule has 0 unspecified atom stereocenters. The maximum absolute atomic E-state index is 9.71. The van der Waals surface area contributed by atoms with Crippen molar-refractivity contribution in [1.82, 2.24) is 10.2 Å². The van der Waals surface area contributed by atoms with Crippen molar-refractivity contribution in [3.8, 4) is 5.75 Å². The van der Waals surface area contributed by atoms with Crippen LogP contribution in [0.3, 0.4) is 0 Å². The second kappa shape index (κ2) is 6.25. The molecule has 3 N–H and O–H groups in total. The van der Waals surface area contributed by atoms with Gasteiger partial charge in [0.15, 0.2) is 0 Å². The molecule has 0 aliphatic rings. The fourth-order valence-corrected chi connectivity index (χ4v) is 1.76. The van der Waals surface area contributed by atoms with Gasteiger partial charge in [-0.25, -0.2) is 0 Å². The van der Waals surface area contributed by atoms with Crippen molar-refractivity contribution in [2.24, 2.45) is 0 Å². The van der Waals surface area contributed by atoms with Gasteiger partial charge in [-0.05, 0) is 31.9 Å². The number of nitrogens with one attached hydrogen (secondary N) is 1. The molecule has 94 valence electrons. The molecule has 1 heterocycles. The Balaban J connectivity index is 0.000000686. The average molecular weight is 236 g/mol. The number of hydrogen-bond acceptors (Lipinski definition) is 3. The van der Waals surface area contributed by atoms with E-state index in [1.54, 1.807) is 6.07 Å². The summed E-state index contributed by atoms with van der Waals surface area (Å²) in [5, 5.41) is 26.6. The number of H-pyrrole nitrogens is 1. The minimum atomic E-state index is 0.124. The number of nitrogens with zero attached hydrogens (tertiary/aromatic N) is 1. The van der Waals surface area contributed by atoms with Gasteiger partial charge in [-0.3, -0.25) is 5.10 Å². The zero-order valence-electron chi connectivity index (χ0n) is 10.6. The molecule has 0 saturated carbocycles. The Morgan fingerprint density at radius 1 is 1.29 bits per heavy atom. The summed E-state index contributed by atoms with van der Waals surface area (Å²) < 4.78 is 0. The first kappa shape index (κ1) is 13.5. The van der Waals surface area contributed by atoms with Crippen molar-refractivity contribution in [3.05, 3.63) is 23.4 Å². The first-order valence-electron chi connectivity index (χ1n) is 6.00. The summed E-state index contributed by atoms with van der Waals surface area (Å²) in [5.74, 6) is 0.252. The summed E-state index contributed by atoms with van der Waals surface area (Å²) in [6, 6.07) is 3.53. The molecule has 17 heavy (non-hydrogen) atoms. The highest BCUT2D eigenvalue weighted by atomic mass is 16.3. The van der Waals surface area contributed by atoms with E-state index in [0.717, 1.165) is 22.2 Å². The molecule has 4 nitrogen and oxygen atoms in total. The number of aromatic amines is 1. The number of fused-ring (bicyclic) bond motifs is 1. The van der Waals surface area contributed by atoms with Crippen LogP contribution < -0.4 is 0 Å². The van der Waals surface area contributed by atoms with E-state index in [1.165, 1.54) is 0 Å². The number of phenols is 1. The molecule has 0 spiro atoms. The lowest BCUT2D eigenvalue weighted by Gasteiger charge is -2.04. The minimum Gasteiger partial charge on any atom is -0.508 e. The van der Waals surface area contributed by atoms with Crippen molar-refractivity contribution in [3.63, 3.8) is 0 Å². The second-order valence-electron chi connectivity index (χ2n) is 3.64. The van der Waals surface area contributed by atoms with E-state index >= 15 is 0 Å². The second-order valence-corrected chi connectivity index (χ2v) is 3.64. The molecule has 0 atom stereocenters. The number of hydrogen-bond donors (Lipinski definition) is 3. The molecular formula is C13H20N2O2. The number of aliphatic hydroxyl groups excluding tert-OH is 1. The SMILES string of the molecule is CC.Cc1[nH]nc2c(CCCO)c(O)ccc12. The molecule has 0 saturated heterocycles. The van der Waals surface area contributed by atoms with E-state index in [1.807, 2.05) is 26.8 Å². The predicted molar refractivity (Wildman–Crippen MR) is 69.3 cm³/mol. The van der Waals surface area contributed by atoms with E-state index < -0.39 is 0 Å². The smallest absolute Gasteiger partial charge is 0.121 e. The number of aromatic nitrogens is 2. The largest absolute Gasteiger partial charge is 0.508 e. The van der Waals surface area contributed by atoms with Gasteiger partial charge in [-0.15, -0.1) is 0 Å². The normalized spacial score (nSPS) is 10.1. The fraction of sp³-hybridized carbons (Fsp3) is 0.462. The van der Waals surface area contributed by atoms with Gasteiger partial charge in [0.25, 0.3) is 0 Å². The number of aliphatic hydroxyl groups is 1. The molecule has 0 bridgehead atoms. The molecule has 0 aliphatic carbocycles. The third-order valence-corrected chi connectivity index (χ3v) is 2.58. The summed E-state index contributed by atoms with van der Waals surface area (Å²) in [6.07, 6.45) is 1.28. The Morgan fingerprint density at radius 2 is 2.00 bits per heavy atom. The average Bonchev–Trinajstić information content (AvgIpc) is 2.73. The Bertz CT molecular complexity index is 477. The molecule has 0 fully saturated rings. The van der Waals surface area contributed by atoms with E-state index in [2.05, 4.69) is 10.2 Å². The molecule has 1 aromatic carbocycles. The van der Waals surface area contributed by atoms with Crippen molar-refractivity contribution in [2.45, 2.75) is 33.6 Å². The summed E-state index contributed by atoms with van der Waals surface area (Å²) in [6.45, 7) is 6.07. The van der Waals surface area contributed by atoms with E-state index in [4.69, 9.17) is 5.11 Å². The standard InChI is InChI=1S/C11H14N2O2.C2H6/c1-7-8-4-5-10(15)9(3-2-6-14)11(8)13-12-7;1-2/h4-5,14-15H,2-3,6H2,1H3,(H,12,13);1-2H3. The van der Waals surface area contributed by atoms with Crippen LogP contribution >= 0.6 is 0 Å². The van der Waals surface area contributed by atoms with Gasteiger partial charge in [0.1, 0.15) is 5.75 Å². The van der Waals surface area contributed by atoms with Crippen molar-refractivity contribution in [2.75, 3.05) is 6.61 Å². The molecule has 2 rings (SSSR count). The molecule has 0 radical (unpaired) electrons. The van der Waals surface area contributed by atoms with Crippen LogP contribution in [0.5, 0.6) is 5.75 Å². The van der Waals surface area contributed by atoms with Crippen LogP contribution in [0.1, 0.15) is 31.5 Å². The Kier molecular flexibility index (Phi) is 4.97. The van der Waals surface area contributed by atoms with Crippen LogP contribution in [0.4, 0.5) is 0 Å². The first-order chi connectivity index (χ1) is 8.24. The minimum absolute atomic E-state index is 0.124. The molecule has 4 heteroatoms. The monoisotopic (exact) mass is 236 g/mol. The molecular weight excluding hydrogens is 216 g/mol. The molecule has 0 amide bonds. The number of phenolic OH excluding ortho intramolecular Hbond substituents is 1. The van der Waals surface area contributed by atoms with Gasteiger partial charge < -0.3 is 10.2 Å². The Morgan fingerprint density at radius 3 is 2.65 bits per heavy atom. The van der Waals surface area contributed by atoms with Gasteiger partial charge in [-0.2, -0.15) is 5.10 Å². The van der Waals surface area contributed by atoms with Crippen LogP contribution in [0, 0.1) is 6.92 Å². The van der Waals surface area contributed by atoms with Gasteiger partial charge >= 0.3 is 0 Å². The van der Waals surface area contributed by atoms with Gasteiger partial charge in [0, 0.05) is 23.3 Å². The third kappa shape index (κ3) is 2.77. The van der Waals surface area contributed by atoms with Gasteiger partial charge in [-0.1, -0.05) is 13.8 Å². The van der Waals surface area contributed by atoms with E-state index in [0.29, 0.717) is 12.8 Å². The van der Waals surface area contributed by atoms with Crippen LogP contribution in [0.2, 0.25) is 0 Å². The molecule has 0 aliphatic heterocycles. The van der Waals surface area contributed by atoms with E-state index in [9.17, 15) is 5.11 Å². The highest BCUT2D eigenvalue weighted by Crippen LogP contribution is 2.28. The Labute approximate surface area is 101 Å². The molecule has 2 aromatic rings. The topological polar surface area (TPSA) is 69.1 Å². The lowest BCUT2D eigenvalue weighted by molar-refractivity contribution is 0.288. The number of aryl methyl sites for hydroxylation is 2. The fourth-order valence-electron chi connectivity index (χ4n) is 1.76. The van der Waals surface area contributed by atoms with Crippen molar-refractivity contribution >= 4 is 10.9 Å².